The van der Waals surface area contributed by atoms with Gasteiger partial charge in [0.25, 0.3) is 0 Å². The number of aliphatic imine (C=N–C) groups is 1. The highest BCUT2D eigenvalue weighted by molar-refractivity contribution is 6.04. The number of hydrogen-bond donors (Lipinski definition) is 1. The largest absolute Gasteiger partial charge is 0.388 e. The molecule has 0 aliphatic rings. The number of hydrogen-bond acceptors (Lipinski definition) is 3. The predicted octanol–water partition coefficient (Wildman–Crippen LogP) is 8.33. The zero-order valence-corrected chi connectivity index (χ0v) is 23.1. The Hall–Kier alpha value is -3.07. The van der Waals surface area contributed by atoms with Crippen molar-refractivity contribution in [3.8, 4) is 0 Å². The van der Waals surface area contributed by atoms with Gasteiger partial charge in [-0.2, -0.15) is 0 Å². The molecule has 35 heavy (non-hydrogen) atoms. The summed E-state index contributed by atoms with van der Waals surface area (Å²) in [5.74, 6) is 0.595. The van der Waals surface area contributed by atoms with E-state index in [4.69, 9.17) is 4.99 Å². The van der Waals surface area contributed by atoms with Crippen LogP contribution in [0.1, 0.15) is 53.9 Å². The molecule has 0 radical (unpaired) electrons. The zero-order chi connectivity index (χ0) is 26.5. The molecular formula is C32H49N3. The Kier molecular flexibility index (Phi) is 18.5. The van der Waals surface area contributed by atoms with Crippen LogP contribution < -0.4 is 5.32 Å². The average Bonchev–Trinajstić information content (AvgIpc) is 2.85. The van der Waals surface area contributed by atoms with E-state index in [9.17, 15) is 0 Å². The molecule has 0 spiro atoms. The van der Waals surface area contributed by atoms with Crippen molar-refractivity contribution in [2.24, 2.45) is 16.8 Å². The van der Waals surface area contributed by atoms with E-state index in [0.29, 0.717) is 12.5 Å². The minimum absolute atomic E-state index is 0.264. The molecule has 0 saturated carbocycles. The molecule has 0 heterocycles. The van der Waals surface area contributed by atoms with E-state index >= 15 is 0 Å². The van der Waals surface area contributed by atoms with Crippen LogP contribution in [-0.2, 0) is 0 Å². The fourth-order valence-corrected chi connectivity index (χ4v) is 3.10. The van der Waals surface area contributed by atoms with Crippen molar-refractivity contribution in [2.45, 2.75) is 53.9 Å². The molecule has 0 aromatic heterocycles. The van der Waals surface area contributed by atoms with Gasteiger partial charge in [0.15, 0.2) is 0 Å². The second-order valence-corrected chi connectivity index (χ2v) is 8.55. The molecule has 3 nitrogen and oxygen atoms in total. The first-order valence-electron chi connectivity index (χ1n) is 12.8. The van der Waals surface area contributed by atoms with Crippen LogP contribution in [-0.4, -0.2) is 30.7 Å². The SMILES string of the molecule is C=CN(CC(/C=C\CC)/C=C/CC)C(=C)/C=C\C(C)C/N=C(\C=C(/NC)C(=C)C)/C=C/C=C\CC. The van der Waals surface area contributed by atoms with Crippen molar-refractivity contribution in [1.82, 2.24) is 10.2 Å². The number of nitrogens with zero attached hydrogens (tertiary/aromatic N) is 2. The van der Waals surface area contributed by atoms with E-state index in [1.165, 1.54) is 0 Å². The third-order valence-electron chi connectivity index (χ3n) is 5.18. The van der Waals surface area contributed by atoms with Crippen LogP contribution in [0.2, 0.25) is 0 Å². The molecule has 1 N–H and O–H groups in total. The van der Waals surface area contributed by atoms with Crippen LogP contribution in [0.4, 0.5) is 0 Å². The lowest BCUT2D eigenvalue weighted by Crippen LogP contribution is -2.21. The smallest absolute Gasteiger partial charge is 0.0595 e. The molecule has 3 heteroatoms. The molecular weight excluding hydrogens is 426 g/mol. The minimum atomic E-state index is 0.264. The van der Waals surface area contributed by atoms with Crippen LogP contribution in [0.15, 0.2) is 115 Å². The zero-order valence-electron chi connectivity index (χ0n) is 23.1. The van der Waals surface area contributed by atoms with Gasteiger partial charge in [0, 0.05) is 37.4 Å². The minimum Gasteiger partial charge on any atom is -0.388 e. The van der Waals surface area contributed by atoms with Gasteiger partial charge in [-0.05, 0) is 62.1 Å². The van der Waals surface area contributed by atoms with Crippen LogP contribution in [0, 0.1) is 11.8 Å². The fourth-order valence-electron chi connectivity index (χ4n) is 3.10. The molecule has 0 fully saturated rings. The Labute approximate surface area is 216 Å². The van der Waals surface area contributed by atoms with E-state index in [2.05, 4.69) is 106 Å². The summed E-state index contributed by atoms with van der Waals surface area (Å²) in [6.07, 6.45) is 28.4. The Bertz CT molecular complexity index is 832. The number of likely N-dealkylation sites (N-methyl/N-ethyl adjacent to an activating group) is 1. The molecule has 192 valence electrons. The van der Waals surface area contributed by atoms with Crippen LogP contribution in [0.5, 0.6) is 0 Å². The summed E-state index contributed by atoms with van der Waals surface area (Å²) in [4.78, 5) is 6.97. The maximum Gasteiger partial charge on any atom is 0.0595 e. The van der Waals surface area contributed by atoms with Gasteiger partial charge in [-0.3, -0.25) is 4.99 Å². The van der Waals surface area contributed by atoms with E-state index in [1.807, 2.05) is 38.4 Å². The highest BCUT2D eigenvalue weighted by Crippen LogP contribution is 2.14. The van der Waals surface area contributed by atoms with Gasteiger partial charge in [0.1, 0.15) is 0 Å². The summed E-state index contributed by atoms with van der Waals surface area (Å²) in [6, 6.07) is 0. The van der Waals surface area contributed by atoms with Gasteiger partial charge in [-0.25, -0.2) is 0 Å². The van der Waals surface area contributed by atoms with Gasteiger partial charge in [-0.15, -0.1) is 0 Å². The molecule has 0 rings (SSSR count). The van der Waals surface area contributed by atoms with E-state index < -0.39 is 0 Å². The van der Waals surface area contributed by atoms with Gasteiger partial charge < -0.3 is 10.2 Å². The Morgan fingerprint density at radius 1 is 0.943 bits per heavy atom. The standard InChI is InChI=1S/C32H49N3/c1-10-14-17-18-21-31(24-32(33-9)27(5)6)34-25-28(7)22-23-29(8)35(13-4)26-30(19-15-11-2)20-16-12-3/h13-24,28,30,33H,4-5,8,10-12,25-26H2,1-3,6-7,9H3/b17-14-,19-15-,20-16+,21-18+,23-22-,32-24-,34-31-. The highest BCUT2D eigenvalue weighted by atomic mass is 15.1. The normalized spacial score (nSPS) is 15.0. The van der Waals surface area contributed by atoms with Crippen LogP contribution in [0.25, 0.3) is 0 Å². The summed E-state index contributed by atoms with van der Waals surface area (Å²) >= 11 is 0. The first-order valence-corrected chi connectivity index (χ1v) is 12.8. The second kappa shape index (κ2) is 20.3. The summed E-state index contributed by atoms with van der Waals surface area (Å²) in [6.45, 7) is 24.4. The molecule has 0 aromatic rings. The van der Waals surface area contributed by atoms with Crippen molar-refractivity contribution in [3.63, 3.8) is 0 Å². The summed E-state index contributed by atoms with van der Waals surface area (Å²) < 4.78 is 0. The summed E-state index contributed by atoms with van der Waals surface area (Å²) in [5.41, 5.74) is 3.81. The van der Waals surface area contributed by atoms with Gasteiger partial charge >= 0.3 is 0 Å². The Balaban J connectivity index is 5.42. The van der Waals surface area contributed by atoms with Crippen LogP contribution >= 0.6 is 0 Å². The molecule has 0 aliphatic carbocycles. The number of allylic oxidation sites excluding steroid dienone is 9. The molecule has 0 bridgehead atoms. The molecule has 0 saturated heterocycles. The van der Waals surface area contributed by atoms with Crippen molar-refractivity contribution in [2.75, 3.05) is 20.1 Å². The first kappa shape index (κ1) is 31.9. The van der Waals surface area contributed by atoms with Gasteiger partial charge in [0.2, 0.25) is 0 Å². The molecule has 2 unspecified atom stereocenters. The van der Waals surface area contributed by atoms with Crippen molar-refractivity contribution < 1.29 is 0 Å². The first-order chi connectivity index (χ1) is 16.8. The summed E-state index contributed by atoms with van der Waals surface area (Å²) in [5, 5.41) is 3.20. The maximum atomic E-state index is 4.86. The van der Waals surface area contributed by atoms with Crippen molar-refractivity contribution in [1.29, 1.82) is 0 Å². The third kappa shape index (κ3) is 15.5. The van der Waals surface area contributed by atoms with E-state index in [-0.39, 0.29) is 5.92 Å². The van der Waals surface area contributed by atoms with Gasteiger partial charge in [-0.1, -0.05) is 96.0 Å². The highest BCUT2D eigenvalue weighted by Gasteiger charge is 2.08. The molecule has 0 aliphatic heterocycles. The lowest BCUT2D eigenvalue weighted by molar-refractivity contribution is 0.448. The molecule has 0 aromatic carbocycles. The fraction of sp³-hybridized carbons (Fsp3) is 0.406. The van der Waals surface area contributed by atoms with Crippen LogP contribution in [0.3, 0.4) is 0 Å². The number of nitrogens with one attached hydrogen (secondary N) is 1. The lowest BCUT2D eigenvalue weighted by atomic mass is 10.1. The number of rotatable bonds is 18. The Morgan fingerprint density at radius 3 is 2.09 bits per heavy atom. The quantitative estimate of drug-likeness (QED) is 0.123. The molecule has 0 amide bonds. The average molecular weight is 476 g/mol. The molecule has 2 atom stereocenters. The van der Waals surface area contributed by atoms with Crippen molar-refractivity contribution in [3.05, 3.63) is 110 Å². The van der Waals surface area contributed by atoms with E-state index in [1.54, 1.807) is 0 Å². The van der Waals surface area contributed by atoms with Gasteiger partial charge in [0.05, 0.1) is 5.71 Å². The topological polar surface area (TPSA) is 27.6 Å². The second-order valence-electron chi connectivity index (χ2n) is 8.55. The van der Waals surface area contributed by atoms with Crippen molar-refractivity contribution >= 4 is 5.71 Å². The third-order valence-corrected chi connectivity index (χ3v) is 5.18. The van der Waals surface area contributed by atoms with E-state index in [0.717, 1.165) is 48.5 Å². The Morgan fingerprint density at radius 2 is 1.57 bits per heavy atom. The lowest BCUT2D eigenvalue weighted by Gasteiger charge is -2.23. The predicted molar refractivity (Wildman–Crippen MR) is 160 cm³/mol. The maximum absolute atomic E-state index is 4.86. The monoisotopic (exact) mass is 475 g/mol. The summed E-state index contributed by atoms with van der Waals surface area (Å²) in [7, 11) is 1.90.